The summed E-state index contributed by atoms with van der Waals surface area (Å²) in [6.45, 7) is 12.4. The summed E-state index contributed by atoms with van der Waals surface area (Å²) in [6, 6.07) is 15.0. The highest BCUT2D eigenvalue weighted by Crippen LogP contribution is 2.42. The number of phenolic OH excluding ortho intramolecular Hbond substituents is 2. The summed E-state index contributed by atoms with van der Waals surface area (Å²) in [5.41, 5.74) is 5.50. The molecule has 3 aromatic rings. The van der Waals surface area contributed by atoms with E-state index in [1.807, 2.05) is 47.4 Å². The molecule has 1 unspecified atom stereocenters. The van der Waals surface area contributed by atoms with Crippen LogP contribution in [0.2, 0.25) is 0 Å². The van der Waals surface area contributed by atoms with Crippen LogP contribution in [-0.2, 0) is 45.7 Å². The van der Waals surface area contributed by atoms with Crippen LogP contribution in [0.15, 0.2) is 64.9 Å². The standard InChI is InChI=1S/C34H43N3O5S2/c1-6-25(7-2)20-35-43(5,40)30-13-12-27-14-16-36(21-29(27)18-30)24(4)31-19-32(34(39)33(38)23(31)3)44(41,42)37-17-15-26-10-8-9-11-28(26)22-37/h8-13,18-19,25,38-39H,4-7,14-17,20-22H2,1-3H3,(H,35,40). The number of hydrogen-bond acceptors (Lipinski definition) is 6. The lowest BCUT2D eigenvalue weighted by atomic mass is 9.97. The van der Waals surface area contributed by atoms with Crippen LogP contribution >= 0.6 is 0 Å². The van der Waals surface area contributed by atoms with Gasteiger partial charge >= 0.3 is 0 Å². The highest BCUT2D eigenvalue weighted by atomic mass is 32.2. The maximum atomic E-state index is 13.8. The van der Waals surface area contributed by atoms with Crippen molar-refractivity contribution in [1.82, 2.24) is 13.9 Å². The Balaban J connectivity index is 1.41. The van der Waals surface area contributed by atoms with Crippen molar-refractivity contribution in [1.29, 1.82) is 0 Å². The third kappa shape index (κ3) is 6.13. The van der Waals surface area contributed by atoms with Gasteiger partial charge in [0, 0.05) is 54.4 Å². The minimum absolute atomic E-state index is 0.190. The van der Waals surface area contributed by atoms with E-state index < -0.39 is 31.2 Å². The van der Waals surface area contributed by atoms with E-state index in [4.69, 9.17) is 0 Å². The Bertz CT molecular complexity index is 1800. The molecule has 10 heteroatoms. The number of hydrogen-bond donors (Lipinski definition) is 3. The molecule has 3 N–H and O–H groups in total. The van der Waals surface area contributed by atoms with Gasteiger partial charge in [0.1, 0.15) is 4.90 Å². The zero-order valence-corrected chi connectivity index (χ0v) is 27.4. The summed E-state index contributed by atoms with van der Waals surface area (Å²) in [7, 11) is -6.82. The van der Waals surface area contributed by atoms with Gasteiger partial charge in [-0.2, -0.15) is 4.31 Å². The van der Waals surface area contributed by atoms with Gasteiger partial charge < -0.3 is 15.1 Å². The fourth-order valence-corrected chi connectivity index (χ4v) is 8.91. The number of nitrogens with zero attached hydrogens (tertiary/aromatic N) is 2. The second-order valence-electron chi connectivity index (χ2n) is 11.9. The van der Waals surface area contributed by atoms with E-state index >= 15 is 0 Å². The molecule has 0 fully saturated rings. The first-order valence-electron chi connectivity index (χ1n) is 15.2. The molecular formula is C34H43N3O5S2. The van der Waals surface area contributed by atoms with Gasteiger partial charge in [0.15, 0.2) is 11.5 Å². The summed E-state index contributed by atoms with van der Waals surface area (Å²) < 4.78 is 45.7. The van der Waals surface area contributed by atoms with Gasteiger partial charge in [0.2, 0.25) is 10.0 Å². The van der Waals surface area contributed by atoms with E-state index in [1.165, 1.54) is 10.4 Å². The Hall–Kier alpha value is -3.31. The SMILES string of the molecule is C=C(c1cc(S(=O)(=O)N2CCc3ccccc3C2)c(O)c(O)c1C)N1CCc2ccc(S(=C)(=O)NCC(CC)CC)cc2C1. The first-order valence-corrected chi connectivity index (χ1v) is 18.3. The Morgan fingerprint density at radius 3 is 2.27 bits per heavy atom. The molecule has 0 bridgehead atoms. The molecule has 8 nitrogen and oxygen atoms in total. The van der Waals surface area contributed by atoms with Gasteiger partial charge in [-0.15, -0.1) is 0 Å². The second-order valence-corrected chi connectivity index (χ2v) is 15.9. The number of phenols is 2. The molecule has 5 rings (SSSR count). The summed E-state index contributed by atoms with van der Waals surface area (Å²) in [6.07, 6.45) is 3.29. The van der Waals surface area contributed by atoms with Crippen molar-refractivity contribution in [3.8, 4) is 11.5 Å². The van der Waals surface area contributed by atoms with Crippen molar-refractivity contribution < 1.29 is 22.8 Å². The minimum Gasteiger partial charge on any atom is -0.504 e. The Kier molecular flexibility index (Phi) is 9.18. The van der Waals surface area contributed by atoms with Crippen LogP contribution in [0.4, 0.5) is 0 Å². The summed E-state index contributed by atoms with van der Waals surface area (Å²) in [5.74, 6) is 3.32. The van der Waals surface area contributed by atoms with Crippen molar-refractivity contribution in [3.05, 3.63) is 88.5 Å². The molecule has 3 aromatic carbocycles. The largest absolute Gasteiger partial charge is 0.504 e. The van der Waals surface area contributed by atoms with Gasteiger partial charge in [-0.05, 0) is 72.0 Å². The van der Waals surface area contributed by atoms with Gasteiger partial charge in [0.25, 0.3) is 0 Å². The first-order chi connectivity index (χ1) is 20.9. The number of nitrogens with one attached hydrogen (secondary N) is 1. The van der Waals surface area contributed by atoms with Crippen LogP contribution in [0.25, 0.3) is 5.70 Å². The maximum Gasteiger partial charge on any atom is 0.247 e. The van der Waals surface area contributed by atoms with Crippen molar-refractivity contribution in [3.63, 3.8) is 0 Å². The number of aromatic hydroxyl groups is 2. The molecule has 44 heavy (non-hydrogen) atoms. The zero-order valence-electron chi connectivity index (χ0n) is 25.8. The maximum absolute atomic E-state index is 13.8. The molecule has 236 valence electrons. The van der Waals surface area contributed by atoms with Gasteiger partial charge in [-0.3, -0.25) is 0 Å². The first kappa shape index (κ1) is 32.1. The van der Waals surface area contributed by atoms with Crippen LogP contribution in [0.5, 0.6) is 11.5 Å². The highest BCUT2D eigenvalue weighted by Gasteiger charge is 2.33. The van der Waals surface area contributed by atoms with E-state index in [0.717, 1.165) is 41.5 Å². The van der Waals surface area contributed by atoms with Crippen molar-refractivity contribution in [2.45, 2.75) is 69.3 Å². The molecule has 0 aliphatic carbocycles. The Morgan fingerprint density at radius 1 is 0.909 bits per heavy atom. The quantitative estimate of drug-likeness (QED) is 0.208. The van der Waals surface area contributed by atoms with Crippen LogP contribution in [0, 0.1) is 12.8 Å². The van der Waals surface area contributed by atoms with Crippen LogP contribution in [0.1, 0.15) is 60.1 Å². The summed E-state index contributed by atoms with van der Waals surface area (Å²) >= 11 is 0. The third-order valence-corrected chi connectivity index (χ3v) is 12.7. The summed E-state index contributed by atoms with van der Waals surface area (Å²) in [4.78, 5) is 2.34. The fraction of sp³-hybridized carbons (Fsp3) is 0.382. The molecule has 1 atom stereocenters. The minimum atomic E-state index is -4.13. The average Bonchev–Trinajstić information content (AvgIpc) is 3.03. The Labute approximate surface area is 262 Å². The summed E-state index contributed by atoms with van der Waals surface area (Å²) in [5, 5.41) is 21.8. The lowest BCUT2D eigenvalue weighted by molar-refractivity contribution is 0.367. The number of benzene rings is 3. The molecular weight excluding hydrogens is 595 g/mol. The molecule has 0 amide bonds. The highest BCUT2D eigenvalue weighted by molar-refractivity contribution is 7.98. The van der Waals surface area contributed by atoms with Gasteiger partial charge in [0.05, 0.1) is 9.71 Å². The predicted molar refractivity (Wildman–Crippen MR) is 177 cm³/mol. The molecule has 0 aromatic heterocycles. The zero-order chi connectivity index (χ0) is 31.8. The van der Waals surface area contributed by atoms with Crippen molar-refractivity contribution in [2.24, 2.45) is 5.92 Å². The lowest BCUT2D eigenvalue weighted by Gasteiger charge is -2.34. The molecule has 0 saturated carbocycles. The van der Waals surface area contributed by atoms with Crippen LogP contribution in [0.3, 0.4) is 0 Å². The van der Waals surface area contributed by atoms with Crippen molar-refractivity contribution >= 4 is 31.3 Å². The number of rotatable bonds is 10. The Morgan fingerprint density at radius 2 is 1.57 bits per heavy atom. The van der Waals surface area contributed by atoms with E-state index in [0.29, 0.717) is 53.7 Å². The van der Waals surface area contributed by atoms with Crippen LogP contribution < -0.4 is 4.72 Å². The monoisotopic (exact) mass is 637 g/mol. The van der Waals surface area contributed by atoms with Crippen molar-refractivity contribution in [2.75, 3.05) is 19.6 Å². The van der Waals surface area contributed by atoms with E-state index in [-0.39, 0.29) is 18.0 Å². The van der Waals surface area contributed by atoms with Gasteiger partial charge in [-0.1, -0.05) is 63.6 Å². The normalized spacial score (nSPS) is 16.8. The topological polar surface area (TPSA) is 110 Å². The van der Waals surface area contributed by atoms with E-state index in [1.54, 1.807) is 6.92 Å². The predicted octanol–water partition coefficient (Wildman–Crippen LogP) is 5.20. The molecule has 0 spiro atoms. The molecule has 2 aliphatic heterocycles. The van der Waals surface area contributed by atoms with E-state index in [9.17, 15) is 22.8 Å². The third-order valence-electron chi connectivity index (χ3n) is 9.23. The fourth-order valence-electron chi connectivity index (χ4n) is 6.09. The lowest BCUT2D eigenvalue weighted by Crippen LogP contribution is -2.36. The van der Waals surface area contributed by atoms with E-state index in [2.05, 4.69) is 31.0 Å². The molecule has 0 radical (unpaired) electrons. The molecule has 2 aliphatic rings. The smallest absolute Gasteiger partial charge is 0.247 e. The van der Waals surface area contributed by atoms with Gasteiger partial charge in [-0.25, -0.2) is 17.3 Å². The average molecular weight is 638 g/mol. The van der Waals surface area contributed by atoms with Crippen LogP contribution in [-0.4, -0.2) is 57.5 Å². The molecule has 2 heterocycles. The number of fused-ring (bicyclic) bond motifs is 2. The molecule has 0 saturated heterocycles. The number of sulfonamides is 1. The second kappa shape index (κ2) is 12.6.